The van der Waals surface area contributed by atoms with Crippen molar-refractivity contribution >= 4 is 5.91 Å². The first kappa shape index (κ1) is 16.4. The van der Waals surface area contributed by atoms with Crippen molar-refractivity contribution in [2.24, 2.45) is 0 Å². The van der Waals surface area contributed by atoms with Crippen molar-refractivity contribution in [3.8, 4) is 5.75 Å². The van der Waals surface area contributed by atoms with Crippen LogP contribution in [0.1, 0.15) is 23.2 Å². The van der Waals surface area contributed by atoms with Crippen molar-refractivity contribution in [3.63, 3.8) is 0 Å². The summed E-state index contributed by atoms with van der Waals surface area (Å²) in [5, 5.41) is 12.1. The Morgan fingerprint density at radius 3 is 2.80 bits per heavy atom. The van der Waals surface area contributed by atoms with Crippen LogP contribution >= 0.6 is 0 Å². The normalized spacial score (nSPS) is 10.5. The maximum atomic E-state index is 12.8. The molecule has 0 unspecified atom stereocenters. The van der Waals surface area contributed by atoms with Gasteiger partial charge in [0.1, 0.15) is 11.6 Å². The lowest BCUT2D eigenvalue weighted by Crippen LogP contribution is -2.24. The monoisotopic (exact) mass is 285 g/mol. The van der Waals surface area contributed by atoms with Crippen molar-refractivity contribution in [1.82, 2.24) is 5.32 Å². The van der Waals surface area contributed by atoms with E-state index in [1.165, 1.54) is 6.07 Å². The van der Waals surface area contributed by atoms with E-state index in [4.69, 9.17) is 9.47 Å². The average Bonchev–Trinajstić information content (AvgIpc) is 2.41. The zero-order valence-electron chi connectivity index (χ0n) is 11.5. The highest BCUT2D eigenvalue weighted by molar-refractivity contribution is 5.96. The quantitative estimate of drug-likeness (QED) is 0.678. The second-order valence-electron chi connectivity index (χ2n) is 4.23. The molecule has 0 spiro atoms. The Kier molecular flexibility index (Phi) is 7.60. The predicted molar refractivity (Wildman–Crippen MR) is 72.3 cm³/mol. The van der Waals surface area contributed by atoms with Gasteiger partial charge in [-0.25, -0.2) is 4.39 Å². The van der Waals surface area contributed by atoms with Gasteiger partial charge in [-0.3, -0.25) is 4.79 Å². The smallest absolute Gasteiger partial charge is 0.255 e. The summed E-state index contributed by atoms with van der Waals surface area (Å²) in [4.78, 5) is 11.7. The molecule has 1 rings (SSSR count). The Hall–Kier alpha value is -1.66. The fourth-order valence-corrected chi connectivity index (χ4v) is 1.57. The van der Waals surface area contributed by atoms with Crippen LogP contribution in [0.3, 0.4) is 0 Å². The Bertz CT molecular complexity index is 426. The molecule has 112 valence electrons. The number of nitrogens with one attached hydrogen (secondary N) is 1. The molecule has 0 atom stereocenters. The topological polar surface area (TPSA) is 67.8 Å². The number of carbonyl (C=O) groups excluding carboxylic acids is 1. The molecule has 0 aliphatic rings. The summed E-state index contributed by atoms with van der Waals surface area (Å²) in [6, 6.07) is 3.31. The van der Waals surface area contributed by atoms with Gasteiger partial charge in [0, 0.05) is 26.3 Å². The van der Waals surface area contributed by atoms with E-state index in [9.17, 15) is 14.3 Å². The standard InChI is InChI=1S/C14H20FNO4/c1-19-8-9-20-7-3-2-6-16-14(18)12-5-4-11(15)10-13(12)17/h4-5,10,17H,2-3,6-9H2,1H3,(H,16,18). The first-order chi connectivity index (χ1) is 9.65. The zero-order chi connectivity index (χ0) is 14.8. The molecule has 0 heterocycles. The lowest BCUT2D eigenvalue weighted by molar-refractivity contribution is 0.0686. The summed E-state index contributed by atoms with van der Waals surface area (Å²) in [5.41, 5.74) is 0.0720. The second kappa shape index (κ2) is 9.28. The fourth-order valence-electron chi connectivity index (χ4n) is 1.57. The number of phenolic OH excluding ortho intramolecular Hbond substituents is 1. The van der Waals surface area contributed by atoms with E-state index >= 15 is 0 Å². The summed E-state index contributed by atoms with van der Waals surface area (Å²) in [5.74, 6) is -1.35. The van der Waals surface area contributed by atoms with Crippen molar-refractivity contribution in [1.29, 1.82) is 0 Å². The number of aromatic hydroxyl groups is 1. The molecule has 0 fully saturated rings. The van der Waals surface area contributed by atoms with E-state index < -0.39 is 11.7 Å². The van der Waals surface area contributed by atoms with Gasteiger partial charge in [0.25, 0.3) is 5.91 Å². The third-order valence-electron chi connectivity index (χ3n) is 2.64. The molecular formula is C14H20FNO4. The lowest BCUT2D eigenvalue weighted by Gasteiger charge is -2.07. The Morgan fingerprint density at radius 1 is 1.30 bits per heavy atom. The van der Waals surface area contributed by atoms with Gasteiger partial charge in [-0.05, 0) is 25.0 Å². The van der Waals surface area contributed by atoms with Crippen LogP contribution in [-0.4, -0.2) is 44.5 Å². The van der Waals surface area contributed by atoms with E-state index in [-0.39, 0.29) is 11.3 Å². The molecule has 1 amide bonds. The number of rotatable bonds is 9. The Morgan fingerprint density at radius 2 is 2.10 bits per heavy atom. The average molecular weight is 285 g/mol. The molecule has 0 saturated carbocycles. The van der Waals surface area contributed by atoms with Crippen LogP contribution in [0.25, 0.3) is 0 Å². The molecule has 1 aromatic rings. The third-order valence-corrected chi connectivity index (χ3v) is 2.64. The van der Waals surface area contributed by atoms with Crippen LogP contribution < -0.4 is 5.32 Å². The molecule has 0 radical (unpaired) electrons. The highest BCUT2D eigenvalue weighted by atomic mass is 19.1. The molecule has 0 aromatic heterocycles. The molecule has 0 saturated heterocycles. The number of hydrogen-bond acceptors (Lipinski definition) is 4. The van der Waals surface area contributed by atoms with Crippen molar-refractivity contribution in [3.05, 3.63) is 29.6 Å². The highest BCUT2D eigenvalue weighted by Gasteiger charge is 2.10. The molecule has 6 heteroatoms. The minimum Gasteiger partial charge on any atom is -0.507 e. The summed E-state index contributed by atoms with van der Waals surface area (Å²) >= 11 is 0. The maximum Gasteiger partial charge on any atom is 0.255 e. The summed E-state index contributed by atoms with van der Waals surface area (Å²) in [6.07, 6.45) is 1.58. The molecular weight excluding hydrogens is 265 g/mol. The van der Waals surface area contributed by atoms with E-state index in [2.05, 4.69) is 5.32 Å². The first-order valence-corrected chi connectivity index (χ1v) is 6.48. The SMILES string of the molecule is COCCOCCCCNC(=O)c1ccc(F)cc1O. The number of carbonyl (C=O) groups is 1. The molecule has 2 N–H and O–H groups in total. The first-order valence-electron chi connectivity index (χ1n) is 6.48. The van der Waals surface area contributed by atoms with Crippen molar-refractivity contribution < 1.29 is 23.8 Å². The number of halogens is 1. The van der Waals surface area contributed by atoms with Crippen molar-refractivity contribution in [2.75, 3.05) is 33.5 Å². The fraction of sp³-hybridized carbons (Fsp3) is 0.500. The van der Waals surface area contributed by atoms with Crippen LogP contribution in [0.2, 0.25) is 0 Å². The second-order valence-corrected chi connectivity index (χ2v) is 4.23. The number of methoxy groups -OCH3 is 1. The van der Waals surface area contributed by atoms with Gasteiger partial charge in [-0.15, -0.1) is 0 Å². The third kappa shape index (κ3) is 5.99. The van der Waals surface area contributed by atoms with Crippen LogP contribution in [0, 0.1) is 5.82 Å². The van der Waals surface area contributed by atoms with Gasteiger partial charge in [0.15, 0.2) is 0 Å². The lowest BCUT2D eigenvalue weighted by atomic mass is 10.2. The molecule has 0 aliphatic heterocycles. The molecule has 0 aliphatic carbocycles. The van der Waals surface area contributed by atoms with E-state index in [0.29, 0.717) is 26.4 Å². The molecule has 5 nitrogen and oxygen atoms in total. The number of hydrogen-bond donors (Lipinski definition) is 2. The number of amides is 1. The minimum absolute atomic E-state index is 0.0720. The predicted octanol–water partition coefficient (Wildman–Crippen LogP) is 1.70. The number of ether oxygens (including phenoxy) is 2. The van der Waals surface area contributed by atoms with Gasteiger partial charge in [-0.1, -0.05) is 0 Å². The zero-order valence-corrected chi connectivity index (χ0v) is 11.5. The van der Waals surface area contributed by atoms with E-state index in [1.807, 2.05) is 0 Å². The summed E-state index contributed by atoms with van der Waals surface area (Å²) in [6.45, 7) is 2.22. The number of unbranched alkanes of at least 4 members (excludes halogenated alkanes) is 1. The van der Waals surface area contributed by atoms with E-state index in [0.717, 1.165) is 25.0 Å². The van der Waals surface area contributed by atoms with Gasteiger partial charge in [-0.2, -0.15) is 0 Å². The van der Waals surface area contributed by atoms with Gasteiger partial charge in [0.05, 0.1) is 18.8 Å². The number of benzene rings is 1. The largest absolute Gasteiger partial charge is 0.507 e. The molecule has 20 heavy (non-hydrogen) atoms. The van der Waals surface area contributed by atoms with Crippen LogP contribution in [-0.2, 0) is 9.47 Å². The molecule has 1 aromatic carbocycles. The van der Waals surface area contributed by atoms with Crippen LogP contribution in [0.4, 0.5) is 4.39 Å². The Labute approximate surface area is 117 Å². The summed E-state index contributed by atoms with van der Waals surface area (Å²) in [7, 11) is 1.61. The summed E-state index contributed by atoms with van der Waals surface area (Å²) < 4.78 is 22.9. The minimum atomic E-state index is -0.577. The van der Waals surface area contributed by atoms with Crippen LogP contribution in [0.15, 0.2) is 18.2 Å². The van der Waals surface area contributed by atoms with Crippen molar-refractivity contribution in [2.45, 2.75) is 12.8 Å². The van der Waals surface area contributed by atoms with Gasteiger partial charge < -0.3 is 19.9 Å². The van der Waals surface area contributed by atoms with Gasteiger partial charge in [0.2, 0.25) is 0 Å². The number of phenols is 1. The maximum absolute atomic E-state index is 12.8. The highest BCUT2D eigenvalue weighted by Crippen LogP contribution is 2.17. The Balaban J connectivity index is 2.17. The van der Waals surface area contributed by atoms with E-state index in [1.54, 1.807) is 7.11 Å². The molecule has 0 bridgehead atoms. The van der Waals surface area contributed by atoms with Gasteiger partial charge >= 0.3 is 0 Å². The van der Waals surface area contributed by atoms with Crippen LogP contribution in [0.5, 0.6) is 5.75 Å².